The molecule has 4 aromatic carbocycles. The summed E-state index contributed by atoms with van der Waals surface area (Å²) in [5, 5.41) is 34.7. The molecule has 48 heavy (non-hydrogen) atoms. The molecule has 0 aliphatic carbocycles. The van der Waals surface area contributed by atoms with Crippen LogP contribution >= 0.6 is 46.6 Å². The van der Waals surface area contributed by atoms with Gasteiger partial charge < -0.3 is 25.0 Å². The van der Waals surface area contributed by atoms with Crippen molar-refractivity contribution in [3.8, 4) is 22.6 Å². The number of phenolic OH excluding ortho intramolecular Hbond substituents is 1. The molecule has 10 nitrogen and oxygen atoms in total. The predicted molar refractivity (Wildman–Crippen MR) is 184 cm³/mol. The van der Waals surface area contributed by atoms with E-state index in [0.29, 0.717) is 17.3 Å². The van der Waals surface area contributed by atoms with E-state index < -0.39 is 16.0 Å². The first-order chi connectivity index (χ1) is 23.2. The minimum Gasteiger partial charge on any atom is -0.508 e. The molecule has 3 atom stereocenters. The molecule has 0 radical (unpaired) electrons. The van der Waals surface area contributed by atoms with Gasteiger partial charge in [0.15, 0.2) is 6.29 Å². The van der Waals surface area contributed by atoms with Gasteiger partial charge in [0.2, 0.25) is 5.16 Å². The number of rotatable bonds is 10. The molecule has 6 rings (SSSR count). The third-order valence-electron chi connectivity index (χ3n) is 7.68. The number of alkyl halides is 3. The number of tetrazole rings is 1. The Morgan fingerprint density at radius 2 is 1.65 bits per heavy atom. The number of carbonyl (C=O) groups is 1. The van der Waals surface area contributed by atoms with Crippen molar-refractivity contribution in [3.05, 3.63) is 119 Å². The molecule has 1 aliphatic rings. The normalized spacial score (nSPS) is 18.0. The van der Waals surface area contributed by atoms with Crippen LogP contribution in [0, 0.1) is 0 Å². The maximum absolute atomic E-state index is 12.0. The minimum absolute atomic E-state index is 0.0418. The van der Waals surface area contributed by atoms with Gasteiger partial charge in [-0.3, -0.25) is 4.79 Å². The standard InChI is InChI=1S/C34H30Cl3N5O5S/c35-34(36,37)32(45)38-18-22-3-1-4-24(15-22)25-5-2-6-26(16-25)31-46-29(17-30(47-31)23-9-7-21(19-43)8-10-23)20-48-33-39-40-41-42(33)27-11-13-28(44)14-12-27/h1-16,29-31,43-44H,17-20H2,(H,38,45)/t29-,30+,31+/m1/s1. The first-order valence-electron chi connectivity index (χ1n) is 14.9. The molecule has 0 spiro atoms. The molecular weight excluding hydrogens is 697 g/mol. The summed E-state index contributed by atoms with van der Waals surface area (Å²) in [4.78, 5) is 12.0. The maximum Gasteiger partial charge on any atom is 0.272 e. The van der Waals surface area contributed by atoms with E-state index in [-0.39, 0.29) is 31.1 Å². The average Bonchev–Trinajstić information content (AvgIpc) is 3.58. The molecule has 3 N–H and O–H groups in total. The molecule has 1 aromatic heterocycles. The number of hydrogen-bond acceptors (Lipinski definition) is 9. The molecule has 0 bridgehead atoms. The number of hydrogen-bond donors (Lipinski definition) is 3. The Morgan fingerprint density at radius 3 is 2.38 bits per heavy atom. The molecule has 14 heteroatoms. The Hall–Kier alpha value is -3.68. The summed E-state index contributed by atoms with van der Waals surface area (Å²) in [6.45, 7) is 0.154. The number of benzene rings is 4. The van der Waals surface area contributed by atoms with Crippen molar-refractivity contribution < 1.29 is 24.5 Å². The van der Waals surface area contributed by atoms with E-state index in [9.17, 15) is 15.0 Å². The van der Waals surface area contributed by atoms with Crippen molar-refractivity contribution in [2.75, 3.05) is 5.75 Å². The van der Waals surface area contributed by atoms with Crippen molar-refractivity contribution in [2.45, 2.75) is 47.0 Å². The van der Waals surface area contributed by atoms with Crippen molar-refractivity contribution in [3.63, 3.8) is 0 Å². The second-order valence-electron chi connectivity index (χ2n) is 11.1. The van der Waals surface area contributed by atoms with Gasteiger partial charge in [0.1, 0.15) is 5.75 Å². The zero-order valence-corrected chi connectivity index (χ0v) is 28.3. The van der Waals surface area contributed by atoms with E-state index >= 15 is 0 Å². The molecule has 1 aliphatic heterocycles. The van der Waals surface area contributed by atoms with Crippen LogP contribution in [0.3, 0.4) is 0 Å². The molecular formula is C34H30Cl3N5O5S. The largest absolute Gasteiger partial charge is 0.508 e. The van der Waals surface area contributed by atoms with Crippen LogP contribution in [0.1, 0.15) is 41.1 Å². The van der Waals surface area contributed by atoms with Crippen LogP contribution in [0.25, 0.3) is 16.8 Å². The third-order valence-corrected chi connectivity index (χ3v) is 9.24. The van der Waals surface area contributed by atoms with E-state index in [4.69, 9.17) is 44.3 Å². The summed E-state index contributed by atoms with van der Waals surface area (Å²) in [5.41, 5.74) is 6.05. The first-order valence-corrected chi connectivity index (χ1v) is 17.0. The number of phenols is 1. The minimum atomic E-state index is -2.04. The lowest BCUT2D eigenvalue weighted by atomic mass is 9.99. The Balaban J connectivity index is 1.22. The van der Waals surface area contributed by atoms with Gasteiger partial charge in [-0.2, -0.15) is 4.68 Å². The lowest BCUT2D eigenvalue weighted by Crippen LogP contribution is -2.33. The fourth-order valence-electron chi connectivity index (χ4n) is 5.22. The van der Waals surface area contributed by atoms with E-state index in [1.165, 1.54) is 11.8 Å². The molecule has 5 aromatic rings. The van der Waals surface area contributed by atoms with E-state index in [2.05, 4.69) is 20.8 Å². The predicted octanol–water partition coefficient (Wildman–Crippen LogP) is 6.85. The average molecular weight is 727 g/mol. The lowest BCUT2D eigenvalue weighted by molar-refractivity contribution is -0.245. The van der Waals surface area contributed by atoms with Crippen LogP contribution in [0.2, 0.25) is 0 Å². The quantitative estimate of drug-likeness (QED) is 0.104. The Kier molecular flexibility index (Phi) is 10.9. The summed E-state index contributed by atoms with van der Waals surface area (Å²) < 4.78 is 12.7. The Morgan fingerprint density at radius 1 is 0.917 bits per heavy atom. The van der Waals surface area contributed by atoms with Gasteiger partial charge in [-0.1, -0.05) is 107 Å². The molecule has 1 amide bonds. The Labute approximate surface area is 295 Å². The number of thioether (sulfide) groups is 1. The van der Waals surface area contributed by atoms with Crippen LogP contribution in [0.4, 0.5) is 0 Å². The maximum atomic E-state index is 12.0. The molecule has 248 valence electrons. The van der Waals surface area contributed by atoms with Gasteiger partial charge in [-0.05, 0) is 74.6 Å². The van der Waals surface area contributed by atoms with Crippen LogP contribution < -0.4 is 5.32 Å². The van der Waals surface area contributed by atoms with E-state index in [1.54, 1.807) is 28.9 Å². The highest BCUT2D eigenvalue weighted by Gasteiger charge is 2.33. The fraction of sp³-hybridized carbons (Fsp3) is 0.235. The Bertz CT molecular complexity index is 1850. The molecule has 0 unspecified atom stereocenters. The molecule has 1 saturated heterocycles. The van der Waals surface area contributed by atoms with Crippen LogP contribution in [0.15, 0.2) is 102 Å². The number of ether oxygens (including phenoxy) is 2. The number of aliphatic hydroxyl groups is 1. The number of nitrogens with one attached hydrogen (secondary N) is 1. The highest BCUT2D eigenvalue weighted by molar-refractivity contribution is 7.99. The van der Waals surface area contributed by atoms with E-state index in [1.807, 2.05) is 72.8 Å². The number of carbonyl (C=O) groups excluding carboxylic acids is 1. The number of aliphatic hydroxyl groups excluding tert-OH is 1. The fourth-order valence-corrected chi connectivity index (χ4v) is 6.33. The summed E-state index contributed by atoms with van der Waals surface area (Å²) >= 11 is 18.5. The number of amides is 1. The smallest absolute Gasteiger partial charge is 0.272 e. The number of nitrogens with zero attached hydrogens (tertiary/aromatic N) is 4. The highest BCUT2D eigenvalue weighted by atomic mass is 35.6. The lowest BCUT2D eigenvalue weighted by Gasteiger charge is -2.36. The van der Waals surface area contributed by atoms with Crippen molar-refractivity contribution in [2.24, 2.45) is 0 Å². The molecule has 0 saturated carbocycles. The SMILES string of the molecule is O=C(NCc1cccc(-c2cccc([C@H]3O[C@@H](CSc4nnnn4-c4ccc(O)cc4)C[C@@H](c4ccc(CO)cc4)O3)c2)c1)C(Cl)(Cl)Cl. The monoisotopic (exact) mass is 725 g/mol. The molecule has 1 fully saturated rings. The summed E-state index contributed by atoms with van der Waals surface area (Å²) in [6, 6.07) is 30.0. The number of aromatic nitrogens is 4. The summed E-state index contributed by atoms with van der Waals surface area (Å²) in [6.07, 6.45) is -0.588. The van der Waals surface area contributed by atoms with Gasteiger partial charge in [-0.15, -0.1) is 5.10 Å². The zero-order valence-electron chi connectivity index (χ0n) is 25.2. The molecule has 2 heterocycles. The second-order valence-corrected chi connectivity index (χ2v) is 14.3. The van der Waals surface area contributed by atoms with Crippen molar-refractivity contribution >= 4 is 52.5 Å². The van der Waals surface area contributed by atoms with Crippen LogP contribution in [-0.2, 0) is 27.4 Å². The zero-order chi connectivity index (χ0) is 33.7. The van der Waals surface area contributed by atoms with Crippen molar-refractivity contribution in [1.29, 1.82) is 0 Å². The number of halogens is 3. The van der Waals surface area contributed by atoms with Crippen LogP contribution in [0.5, 0.6) is 5.75 Å². The van der Waals surface area contributed by atoms with Crippen LogP contribution in [-0.4, -0.2) is 52.0 Å². The highest BCUT2D eigenvalue weighted by Crippen LogP contribution is 2.40. The van der Waals surface area contributed by atoms with Gasteiger partial charge in [-0.25, -0.2) is 0 Å². The van der Waals surface area contributed by atoms with E-state index in [0.717, 1.165) is 39.1 Å². The van der Waals surface area contributed by atoms with Gasteiger partial charge >= 0.3 is 0 Å². The first kappa shape index (κ1) is 34.2. The summed E-state index contributed by atoms with van der Waals surface area (Å²) in [7, 11) is 0. The topological polar surface area (TPSA) is 132 Å². The van der Waals surface area contributed by atoms with Gasteiger partial charge in [0.25, 0.3) is 9.70 Å². The number of aromatic hydroxyl groups is 1. The van der Waals surface area contributed by atoms with Gasteiger partial charge in [0, 0.05) is 24.3 Å². The second kappa shape index (κ2) is 15.3. The van der Waals surface area contributed by atoms with Crippen molar-refractivity contribution in [1.82, 2.24) is 25.5 Å². The summed E-state index contributed by atoms with van der Waals surface area (Å²) in [5.74, 6) is 0.00478. The third kappa shape index (κ3) is 8.48. The van der Waals surface area contributed by atoms with Gasteiger partial charge in [0.05, 0.1) is 24.5 Å².